The molecule has 4 N–H and O–H groups in total. The fraction of sp³-hybridized carbons (Fsp3) is 0.286. The van der Waals surface area contributed by atoms with Gasteiger partial charge < -0.3 is 15.8 Å². The largest absolute Gasteiger partial charge is 0.477 e. The number of aromatic nitrogens is 2. The molecule has 1 heterocycles. The molecule has 0 fully saturated rings. The normalized spacial score (nSPS) is 9.92. The molecule has 13 heavy (non-hydrogen) atoms. The van der Waals surface area contributed by atoms with Gasteiger partial charge >= 0.3 is 5.97 Å². The van der Waals surface area contributed by atoms with Gasteiger partial charge in [0.05, 0.1) is 0 Å². The van der Waals surface area contributed by atoms with Gasteiger partial charge in [0.1, 0.15) is 11.4 Å². The smallest absolute Gasteiger partial charge is 0.341 e. The van der Waals surface area contributed by atoms with Crippen LogP contribution in [0.2, 0.25) is 0 Å². The molecule has 1 aromatic heterocycles. The number of aryl methyl sites for hydroxylation is 1. The average molecular weight is 199 g/mol. The average Bonchev–Trinajstić information content (AvgIpc) is 2.01. The molecule has 1 rings (SSSR count). The van der Waals surface area contributed by atoms with Gasteiger partial charge in [-0.25, -0.2) is 9.78 Å². The van der Waals surface area contributed by atoms with E-state index in [1.54, 1.807) is 0 Å². The summed E-state index contributed by atoms with van der Waals surface area (Å²) in [6.45, 7) is 1.81. The molecule has 0 bridgehead atoms. The topological polar surface area (TPSA) is 92.0 Å². The van der Waals surface area contributed by atoms with Crippen LogP contribution in [-0.4, -0.2) is 21.0 Å². The van der Waals surface area contributed by atoms with Crippen LogP contribution in [0, 0.1) is 4.77 Å². The molecule has 0 aromatic carbocycles. The third kappa shape index (κ3) is 1.83. The predicted molar refractivity (Wildman–Crippen MR) is 50.2 cm³/mol. The quantitative estimate of drug-likeness (QED) is 0.617. The fourth-order valence-corrected chi connectivity index (χ4v) is 1.26. The maximum Gasteiger partial charge on any atom is 0.341 e. The van der Waals surface area contributed by atoms with Crippen molar-refractivity contribution in [2.75, 3.05) is 5.73 Å². The Morgan fingerprint density at radius 1 is 1.77 bits per heavy atom. The van der Waals surface area contributed by atoms with Crippen LogP contribution in [0.5, 0.6) is 0 Å². The van der Waals surface area contributed by atoms with Crippen LogP contribution in [0.3, 0.4) is 0 Å². The predicted octanol–water partition coefficient (Wildman–Crippen LogP) is 0.982. The molecule has 0 saturated carbocycles. The Labute approximate surface area is 79.6 Å². The summed E-state index contributed by atoms with van der Waals surface area (Å²) in [5.41, 5.74) is 5.94. The Bertz CT molecular complexity index is 399. The number of carbonyl (C=O) groups is 1. The molecule has 0 unspecified atom stereocenters. The van der Waals surface area contributed by atoms with Crippen LogP contribution in [0.25, 0.3) is 0 Å². The van der Waals surface area contributed by atoms with E-state index in [2.05, 4.69) is 9.97 Å². The van der Waals surface area contributed by atoms with Crippen molar-refractivity contribution >= 4 is 24.0 Å². The van der Waals surface area contributed by atoms with Crippen LogP contribution >= 0.6 is 12.2 Å². The molecule has 0 atom stereocenters. The molecule has 0 radical (unpaired) electrons. The molecule has 70 valence electrons. The Hall–Kier alpha value is -1.43. The third-order valence-electron chi connectivity index (χ3n) is 1.61. The minimum absolute atomic E-state index is 0.0103. The second kappa shape index (κ2) is 3.53. The highest BCUT2D eigenvalue weighted by molar-refractivity contribution is 7.71. The number of nitrogens with two attached hydrogens (primary N) is 1. The van der Waals surface area contributed by atoms with Gasteiger partial charge in [-0.05, 0) is 18.6 Å². The number of aromatic amines is 1. The van der Waals surface area contributed by atoms with Gasteiger partial charge in [-0.2, -0.15) is 0 Å². The zero-order chi connectivity index (χ0) is 10.0. The summed E-state index contributed by atoms with van der Waals surface area (Å²) < 4.78 is 0.208. The van der Waals surface area contributed by atoms with Crippen molar-refractivity contribution in [2.24, 2.45) is 0 Å². The molecule has 1 aromatic rings. The lowest BCUT2D eigenvalue weighted by Gasteiger charge is -2.04. The van der Waals surface area contributed by atoms with Crippen LogP contribution < -0.4 is 5.73 Å². The number of aromatic carboxylic acids is 1. The van der Waals surface area contributed by atoms with Crippen molar-refractivity contribution in [3.8, 4) is 0 Å². The maximum atomic E-state index is 10.7. The van der Waals surface area contributed by atoms with Crippen LogP contribution in [-0.2, 0) is 6.42 Å². The lowest BCUT2D eigenvalue weighted by atomic mass is 10.2. The van der Waals surface area contributed by atoms with Crippen LogP contribution in [0.1, 0.15) is 23.0 Å². The lowest BCUT2D eigenvalue weighted by Crippen LogP contribution is -2.10. The van der Waals surface area contributed by atoms with E-state index in [0.29, 0.717) is 12.1 Å². The Kier molecular flexibility index (Phi) is 2.62. The standard InChI is InChI=1S/C7H9N3O2S/c1-2-3-4(6(11)12)5(8)10-7(13)9-3/h2H2,1H3,(H,11,12)(H3,8,9,10,13). The molecular weight excluding hydrogens is 190 g/mol. The highest BCUT2D eigenvalue weighted by Gasteiger charge is 2.14. The second-order valence-electron chi connectivity index (χ2n) is 2.44. The molecule has 0 spiro atoms. The molecule has 0 aliphatic carbocycles. The zero-order valence-corrected chi connectivity index (χ0v) is 7.81. The number of nitrogens with one attached hydrogen (secondary N) is 1. The molecular formula is C7H9N3O2S. The molecule has 0 saturated heterocycles. The number of hydrogen-bond acceptors (Lipinski definition) is 4. The third-order valence-corrected chi connectivity index (χ3v) is 1.80. The van der Waals surface area contributed by atoms with E-state index in [0.717, 1.165) is 0 Å². The summed E-state index contributed by atoms with van der Waals surface area (Å²) in [5.74, 6) is -1.12. The summed E-state index contributed by atoms with van der Waals surface area (Å²) in [6, 6.07) is 0. The number of hydrogen-bond donors (Lipinski definition) is 3. The maximum absolute atomic E-state index is 10.7. The number of nitrogens with zero attached hydrogens (tertiary/aromatic N) is 1. The summed E-state index contributed by atoms with van der Waals surface area (Å²) in [6.07, 6.45) is 0.526. The minimum atomic E-state index is -1.09. The highest BCUT2D eigenvalue weighted by atomic mass is 32.1. The molecule has 0 amide bonds. The second-order valence-corrected chi connectivity index (χ2v) is 2.83. The van der Waals surface area contributed by atoms with Crippen molar-refractivity contribution in [3.63, 3.8) is 0 Å². The summed E-state index contributed by atoms with van der Waals surface area (Å²) in [4.78, 5) is 17.1. The SMILES string of the molecule is CCc1[nH]c(=S)nc(N)c1C(=O)O. The van der Waals surface area contributed by atoms with E-state index in [9.17, 15) is 4.79 Å². The molecule has 0 aliphatic heterocycles. The molecule has 0 aliphatic rings. The van der Waals surface area contributed by atoms with Crippen molar-refractivity contribution in [3.05, 3.63) is 16.0 Å². The first-order valence-electron chi connectivity index (χ1n) is 3.68. The summed E-state index contributed by atoms with van der Waals surface area (Å²) in [5, 5.41) is 8.79. The number of carboxylic acid groups (broad SMARTS) is 1. The van der Waals surface area contributed by atoms with E-state index in [4.69, 9.17) is 23.1 Å². The van der Waals surface area contributed by atoms with E-state index < -0.39 is 5.97 Å². The van der Waals surface area contributed by atoms with Crippen molar-refractivity contribution in [2.45, 2.75) is 13.3 Å². The number of H-pyrrole nitrogens is 1. The van der Waals surface area contributed by atoms with Crippen molar-refractivity contribution < 1.29 is 9.90 Å². The van der Waals surface area contributed by atoms with E-state index in [-0.39, 0.29) is 16.2 Å². The Morgan fingerprint density at radius 2 is 2.38 bits per heavy atom. The number of rotatable bonds is 2. The minimum Gasteiger partial charge on any atom is -0.477 e. The zero-order valence-electron chi connectivity index (χ0n) is 7.00. The van der Waals surface area contributed by atoms with Crippen LogP contribution in [0.4, 0.5) is 5.82 Å². The van der Waals surface area contributed by atoms with Crippen molar-refractivity contribution in [1.82, 2.24) is 9.97 Å². The van der Waals surface area contributed by atoms with E-state index in [1.807, 2.05) is 6.92 Å². The van der Waals surface area contributed by atoms with Crippen molar-refractivity contribution in [1.29, 1.82) is 0 Å². The summed E-state index contributed by atoms with van der Waals surface area (Å²) in [7, 11) is 0. The first kappa shape index (κ1) is 9.66. The van der Waals surface area contributed by atoms with Gasteiger partial charge in [0.15, 0.2) is 4.77 Å². The highest BCUT2D eigenvalue weighted by Crippen LogP contribution is 2.12. The Balaban J connectivity index is 3.47. The van der Waals surface area contributed by atoms with Gasteiger partial charge in [-0.3, -0.25) is 0 Å². The van der Waals surface area contributed by atoms with Gasteiger partial charge in [-0.1, -0.05) is 6.92 Å². The summed E-state index contributed by atoms with van der Waals surface area (Å²) >= 11 is 4.76. The van der Waals surface area contributed by atoms with Gasteiger partial charge in [0.2, 0.25) is 0 Å². The van der Waals surface area contributed by atoms with Crippen LogP contribution in [0.15, 0.2) is 0 Å². The monoisotopic (exact) mass is 199 g/mol. The van der Waals surface area contributed by atoms with E-state index >= 15 is 0 Å². The van der Waals surface area contributed by atoms with Gasteiger partial charge in [0, 0.05) is 5.69 Å². The lowest BCUT2D eigenvalue weighted by molar-refractivity contribution is 0.0696. The van der Waals surface area contributed by atoms with E-state index in [1.165, 1.54) is 0 Å². The first-order chi connectivity index (χ1) is 6.06. The van der Waals surface area contributed by atoms with Gasteiger partial charge in [-0.15, -0.1) is 0 Å². The molecule has 6 heteroatoms. The molecule has 5 nitrogen and oxygen atoms in total. The number of anilines is 1. The van der Waals surface area contributed by atoms with Gasteiger partial charge in [0.25, 0.3) is 0 Å². The first-order valence-corrected chi connectivity index (χ1v) is 4.09. The fourth-order valence-electron chi connectivity index (χ4n) is 1.04. The number of carboxylic acids is 1. The Morgan fingerprint density at radius 3 is 2.85 bits per heavy atom. The number of nitrogen functional groups attached to an aromatic ring is 1.